The zero-order valence-electron chi connectivity index (χ0n) is 10.7. The maximum absolute atomic E-state index is 4.26. The first-order valence-electron chi connectivity index (χ1n) is 6.33. The first kappa shape index (κ1) is 13.2. The van der Waals surface area contributed by atoms with Crippen LogP contribution in [0.2, 0.25) is 0 Å². The Kier molecular flexibility index (Phi) is 6.08. The Morgan fingerprint density at radius 1 is 1.31 bits per heavy atom. The highest BCUT2D eigenvalue weighted by atomic mass is 15.2. The third-order valence-corrected chi connectivity index (χ3v) is 2.74. The molecule has 1 aromatic heterocycles. The van der Waals surface area contributed by atoms with Crippen LogP contribution in [0.4, 0.5) is 0 Å². The van der Waals surface area contributed by atoms with E-state index in [2.05, 4.69) is 34.3 Å². The van der Waals surface area contributed by atoms with E-state index in [-0.39, 0.29) is 0 Å². The van der Waals surface area contributed by atoms with Gasteiger partial charge < -0.3 is 5.32 Å². The predicted octanol–water partition coefficient (Wildman–Crippen LogP) is 2.56. The molecule has 1 unspecified atom stereocenters. The van der Waals surface area contributed by atoms with E-state index in [1.807, 2.05) is 6.92 Å². The Bertz CT molecular complexity index is 282. The molecule has 1 aromatic rings. The Balaban J connectivity index is 2.08. The van der Waals surface area contributed by atoms with E-state index in [0.29, 0.717) is 6.04 Å². The zero-order chi connectivity index (χ0) is 11.8. The van der Waals surface area contributed by atoms with Crippen molar-refractivity contribution in [1.29, 1.82) is 0 Å². The molecule has 92 valence electrons. The molecule has 4 nitrogen and oxygen atoms in total. The number of nitrogens with one attached hydrogen (secondary N) is 2. The molecule has 0 saturated carbocycles. The molecule has 16 heavy (non-hydrogen) atoms. The number of unbranched alkanes of at least 4 members (excludes halogenated alkanes) is 3. The summed E-state index contributed by atoms with van der Waals surface area (Å²) >= 11 is 0. The Labute approximate surface area is 98.2 Å². The van der Waals surface area contributed by atoms with Crippen LogP contribution in [0.5, 0.6) is 0 Å². The van der Waals surface area contributed by atoms with Crippen LogP contribution in [-0.2, 0) is 6.54 Å². The molecule has 0 spiro atoms. The molecule has 0 aliphatic rings. The predicted molar refractivity (Wildman–Crippen MR) is 66.2 cm³/mol. The van der Waals surface area contributed by atoms with Crippen molar-refractivity contribution in [2.24, 2.45) is 0 Å². The van der Waals surface area contributed by atoms with E-state index in [4.69, 9.17) is 0 Å². The summed E-state index contributed by atoms with van der Waals surface area (Å²) in [6.45, 7) is 7.16. The number of hydrogen-bond acceptors (Lipinski definition) is 3. The van der Waals surface area contributed by atoms with Crippen molar-refractivity contribution in [3.8, 4) is 0 Å². The molecular formula is C12H24N4. The van der Waals surface area contributed by atoms with Crippen molar-refractivity contribution in [2.75, 3.05) is 0 Å². The maximum Gasteiger partial charge on any atom is 0.164 e. The van der Waals surface area contributed by atoms with Gasteiger partial charge in [-0.05, 0) is 20.3 Å². The Morgan fingerprint density at radius 2 is 2.12 bits per heavy atom. The van der Waals surface area contributed by atoms with Gasteiger partial charge in [-0.25, -0.2) is 4.98 Å². The van der Waals surface area contributed by atoms with Gasteiger partial charge in [0.1, 0.15) is 5.82 Å². The average Bonchev–Trinajstić information content (AvgIpc) is 2.68. The number of aromatic amines is 1. The highest BCUT2D eigenvalue weighted by Gasteiger charge is 2.03. The molecule has 0 aromatic carbocycles. The Morgan fingerprint density at radius 3 is 2.75 bits per heavy atom. The van der Waals surface area contributed by atoms with Crippen LogP contribution in [0, 0.1) is 6.92 Å². The van der Waals surface area contributed by atoms with Gasteiger partial charge in [0, 0.05) is 6.04 Å². The van der Waals surface area contributed by atoms with Crippen molar-refractivity contribution in [3.63, 3.8) is 0 Å². The van der Waals surface area contributed by atoms with Gasteiger partial charge in [0.05, 0.1) is 6.54 Å². The summed E-state index contributed by atoms with van der Waals surface area (Å²) in [5, 5.41) is 10.4. The number of hydrogen-bond donors (Lipinski definition) is 2. The second-order valence-electron chi connectivity index (χ2n) is 4.47. The quantitative estimate of drug-likeness (QED) is 0.667. The van der Waals surface area contributed by atoms with Crippen molar-refractivity contribution in [3.05, 3.63) is 11.6 Å². The maximum atomic E-state index is 4.26. The minimum atomic E-state index is 0.552. The van der Waals surface area contributed by atoms with Crippen molar-refractivity contribution >= 4 is 0 Å². The fourth-order valence-corrected chi connectivity index (χ4v) is 1.71. The van der Waals surface area contributed by atoms with Crippen LogP contribution < -0.4 is 5.32 Å². The lowest BCUT2D eigenvalue weighted by molar-refractivity contribution is 0.476. The zero-order valence-corrected chi connectivity index (χ0v) is 10.7. The van der Waals surface area contributed by atoms with Gasteiger partial charge in [0.25, 0.3) is 0 Å². The molecule has 0 fully saturated rings. The third-order valence-electron chi connectivity index (χ3n) is 2.74. The van der Waals surface area contributed by atoms with E-state index in [1.54, 1.807) is 0 Å². The first-order valence-corrected chi connectivity index (χ1v) is 6.33. The standard InChI is InChI=1S/C12H24N4/c1-4-5-6-7-8-10(2)13-9-12-14-11(3)15-16-12/h10,13H,4-9H2,1-3H3,(H,14,15,16). The molecule has 0 bridgehead atoms. The highest BCUT2D eigenvalue weighted by molar-refractivity contribution is 4.87. The van der Waals surface area contributed by atoms with Crippen molar-refractivity contribution in [1.82, 2.24) is 20.5 Å². The topological polar surface area (TPSA) is 53.6 Å². The van der Waals surface area contributed by atoms with Gasteiger partial charge in [-0.1, -0.05) is 32.6 Å². The lowest BCUT2D eigenvalue weighted by Gasteiger charge is -2.11. The minimum absolute atomic E-state index is 0.552. The van der Waals surface area contributed by atoms with Crippen LogP contribution in [-0.4, -0.2) is 21.2 Å². The molecular weight excluding hydrogens is 200 g/mol. The van der Waals surface area contributed by atoms with Crippen LogP contribution in [0.15, 0.2) is 0 Å². The summed E-state index contributed by atoms with van der Waals surface area (Å²) < 4.78 is 0. The monoisotopic (exact) mass is 224 g/mol. The van der Waals surface area contributed by atoms with Crippen LogP contribution in [0.3, 0.4) is 0 Å². The van der Waals surface area contributed by atoms with Gasteiger partial charge in [0.15, 0.2) is 5.82 Å². The van der Waals surface area contributed by atoms with E-state index in [0.717, 1.165) is 18.2 Å². The highest BCUT2D eigenvalue weighted by Crippen LogP contribution is 2.05. The molecule has 0 radical (unpaired) electrons. The van der Waals surface area contributed by atoms with Crippen LogP contribution >= 0.6 is 0 Å². The molecule has 4 heteroatoms. The number of nitrogens with zero attached hydrogens (tertiary/aromatic N) is 2. The summed E-state index contributed by atoms with van der Waals surface area (Å²) in [4.78, 5) is 4.26. The second-order valence-corrected chi connectivity index (χ2v) is 4.47. The van der Waals surface area contributed by atoms with Gasteiger partial charge in [-0.15, -0.1) is 0 Å². The molecule has 0 saturated heterocycles. The largest absolute Gasteiger partial charge is 0.307 e. The van der Waals surface area contributed by atoms with Crippen molar-refractivity contribution in [2.45, 2.75) is 65.5 Å². The van der Waals surface area contributed by atoms with Gasteiger partial charge in [-0.3, -0.25) is 5.10 Å². The van der Waals surface area contributed by atoms with E-state index in [9.17, 15) is 0 Å². The van der Waals surface area contributed by atoms with Gasteiger partial charge >= 0.3 is 0 Å². The molecule has 0 aliphatic carbocycles. The molecule has 1 rings (SSSR count). The van der Waals surface area contributed by atoms with Crippen molar-refractivity contribution < 1.29 is 0 Å². The third kappa shape index (κ3) is 5.26. The fraction of sp³-hybridized carbons (Fsp3) is 0.833. The smallest absolute Gasteiger partial charge is 0.164 e. The minimum Gasteiger partial charge on any atom is -0.307 e. The summed E-state index contributed by atoms with van der Waals surface area (Å²) in [5.41, 5.74) is 0. The normalized spacial score (nSPS) is 12.9. The number of aryl methyl sites for hydroxylation is 1. The fourth-order valence-electron chi connectivity index (χ4n) is 1.71. The number of H-pyrrole nitrogens is 1. The first-order chi connectivity index (χ1) is 7.72. The van der Waals surface area contributed by atoms with Crippen LogP contribution in [0.25, 0.3) is 0 Å². The van der Waals surface area contributed by atoms with E-state index in [1.165, 1.54) is 32.1 Å². The second kappa shape index (κ2) is 7.39. The number of aromatic nitrogens is 3. The molecule has 1 atom stereocenters. The SMILES string of the molecule is CCCCCCC(C)NCc1n[nH]c(C)n1. The summed E-state index contributed by atoms with van der Waals surface area (Å²) in [6.07, 6.45) is 6.56. The van der Waals surface area contributed by atoms with Crippen LogP contribution in [0.1, 0.15) is 57.6 Å². The molecule has 1 heterocycles. The molecule has 0 amide bonds. The summed E-state index contributed by atoms with van der Waals surface area (Å²) in [7, 11) is 0. The lowest BCUT2D eigenvalue weighted by atomic mass is 10.1. The van der Waals surface area contributed by atoms with Gasteiger partial charge in [-0.2, -0.15) is 5.10 Å². The van der Waals surface area contributed by atoms with E-state index < -0.39 is 0 Å². The van der Waals surface area contributed by atoms with E-state index >= 15 is 0 Å². The molecule has 0 aliphatic heterocycles. The summed E-state index contributed by atoms with van der Waals surface area (Å²) in [6, 6.07) is 0.552. The molecule has 2 N–H and O–H groups in total. The summed E-state index contributed by atoms with van der Waals surface area (Å²) in [5.74, 6) is 1.74. The average molecular weight is 224 g/mol. The Hall–Kier alpha value is -0.900. The lowest BCUT2D eigenvalue weighted by Crippen LogP contribution is -2.25. The van der Waals surface area contributed by atoms with Gasteiger partial charge in [0.2, 0.25) is 0 Å². The number of rotatable bonds is 8.